The lowest BCUT2D eigenvalue weighted by Crippen LogP contribution is -2.26. The fourth-order valence-corrected chi connectivity index (χ4v) is 1.94. The summed E-state index contributed by atoms with van der Waals surface area (Å²) in [5.41, 5.74) is 2.50. The Hall–Kier alpha value is -2.40. The lowest BCUT2D eigenvalue weighted by molar-refractivity contribution is 0.0943. The van der Waals surface area contributed by atoms with Gasteiger partial charge in [0.15, 0.2) is 0 Å². The van der Waals surface area contributed by atoms with E-state index in [4.69, 9.17) is 4.74 Å². The van der Waals surface area contributed by atoms with Crippen molar-refractivity contribution in [1.82, 2.24) is 10.3 Å². The third-order valence-electron chi connectivity index (χ3n) is 3.15. The number of anilines is 1. The third kappa shape index (κ3) is 5.18. The van der Waals surface area contributed by atoms with Crippen LogP contribution in [0.5, 0.6) is 0 Å². The molecule has 22 heavy (non-hydrogen) atoms. The van der Waals surface area contributed by atoms with Gasteiger partial charge in [0.1, 0.15) is 5.69 Å². The molecule has 0 bridgehead atoms. The summed E-state index contributed by atoms with van der Waals surface area (Å²) in [7, 11) is 1.64. The summed E-state index contributed by atoms with van der Waals surface area (Å²) in [6, 6.07) is 13.7. The van der Waals surface area contributed by atoms with Crippen LogP contribution in [0.2, 0.25) is 0 Å². The molecule has 0 saturated heterocycles. The van der Waals surface area contributed by atoms with E-state index < -0.39 is 0 Å². The number of aromatic nitrogens is 1. The van der Waals surface area contributed by atoms with Gasteiger partial charge in [-0.05, 0) is 24.1 Å². The Morgan fingerprint density at radius 3 is 2.68 bits per heavy atom. The Bertz CT molecular complexity index is 570. The first kappa shape index (κ1) is 16.0. The van der Waals surface area contributed by atoms with E-state index in [-0.39, 0.29) is 5.91 Å². The number of rotatable bonds is 8. The molecule has 5 heteroatoms. The summed E-state index contributed by atoms with van der Waals surface area (Å²) in [6.45, 7) is 1.95. The standard InChI is InChI=1S/C17H21N3O2/c1-22-11-5-10-18-17(21)16-9-8-15(13-20-16)19-12-14-6-3-2-4-7-14/h2-4,6-9,13,19H,5,10-12H2,1H3,(H,18,21). The number of pyridine rings is 1. The minimum absolute atomic E-state index is 0.161. The fourth-order valence-electron chi connectivity index (χ4n) is 1.94. The molecule has 1 aromatic heterocycles. The number of nitrogens with zero attached hydrogens (tertiary/aromatic N) is 1. The molecular weight excluding hydrogens is 278 g/mol. The quantitative estimate of drug-likeness (QED) is 0.735. The summed E-state index contributed by atoms with van der Waals surface area (Å²) in [5.74, 6) is -0.161. The second-order valence-electron chi connectivity index (χ2n) is 4.87. The Morgan fingerprint density at radius 1 is 1.18 bits per heavy atom. The number of carbonyl (C=O) groups excluding carboxylic acids is 1. The van der Waals surface area contributed by atoms with Gasteiger partial charge in [0.2, 0.25) is 0 Å². The number of nitrogens with one attached hydrogen (secondary N) is 2. The van der Waals surface area contributed by atoms with Crippen LogP contribution in [0.25, 0.3) is 0 Å². The molecule has 0 spiro atoms. The van der Waals surface area contributed by atoms with Gasteiger partial charge in [-0.2, -0.15) is 0 Å². The topological polar surface area (TPSA) is 63.2 Å². The predicted molar refractivity (Wildman–Crippen MR) is 86.8 cm³/mol. The summed E-state index contributed by atoms with van der Waals surface area (Å²) >= 11 is 0. The van der Waals surface area contributed by atoms with Gasteiger partial charge in [0.25, 0.3) is 5.91 Å². The molecule has 0 aliphatic rings. The highest BCUT2D eigenvalue weighted by atomic mass is 16.5. The lowest BCUT2D eigenvalue weighted by atomic mass is 10.2. The van der Waals surface area contributed by atoms with Gasteiger partial charge in [0.05, 0.1) is 11.9 Å². The molecule has 1 amide bonds. The van der Waals surface area contributed by atoms with Crippen LogP contribution in [0.4, 0.5) is 5.69 Å². The van der Waals surface area contributed by atoms with Gasteiger partial charge in [-0.1, -0.05) is 30.3 Å². The molecule has 0 aliphatic carbocycles. The summed E-state index contributed by atoms with van der Waals surface area (Å²) in [4.78, 5) is 16.0. The largest absolute Gasteiger partial charge is 0.385 e. The highest BCUT2D eigenvalue weighted by Crippen LogP contribution is 2.08. The Labute approximate surface area is 130 Å². The van der Waals surface area contributed by atoms with Crippen molar-refractivity contribution in [2.24, 2.45) is 0 Å². The zero-order valence-corrected chi connectivity index (χ0v) is 12.7. The van der Waals surface area contributed by atoms with Crippen LogP contribution in [-0.2, 0) is 11.3 Å². The molecule has 5 nitrogen and oxygen atoms in total. The van der Waals surface area contributed by atoms with Gasteiger partial charge in [0, 0.05) is 26.8 Å². The van der Waals surface area contributed by atoms with Crippen LogP contribution in [0.15, 0.2) is 48.7 Å². The number of carbonyl (C=O) groups is 1. The SMILES string of the molecule is COCCCNC(=O)c1ccc(NCc2ccccc2)cn1. The normalized spacial score (nSPS) is 10.2. The lowest BCUT2D eigenvalue weighted by Gasteiger charge is -2.07. The molecule has 0 radical (unpaired) electrons. The molecular formula is C17H21N3O2. The number of benzene rings is 1. The van der Waals surface area contributed by atoms with Crippen molar-refractivity contribution in [1.29, 1.82) is 0 Å². The van der Waals surface area contributed by atoms with Crippen LogP contribution < -0.4 is 10.6 Å². The molecule has 2 N–H and O–H groups in total. The van der Waals surface area contributed by atoms with E-state index in [2.05, 4.69) is 27.8 Å². The summed E-state index contributed by atoms with van der Waals surface area (Å²) in [5, 5.41) is 6.09. The summed E-state index contributed by atoms with van der Waals surface area (Å²) < 4.78 is 4.93. The number of hydrogen-bond donors (Lipinski definition) is 2. The van der Waals surface area contributed by atoms with Gasteiger partial charge < -0.3 is 15.4 Å². The van der Waals surface area contributed by atoms with Gasteiger partial charge >= 0.3 is 0 Å². The number of hydrogen-bond acceptors (Lipinski definition) is 4. The van der Waals surface area contributed by atoms with Crippen molar-refractivity contribution in [3.8, 4) is 0 Å². The maximum atomic E-state index is 11.9. The highest BCUT2D eigenvalue weighted by molar-refractivity contribution is 5.92. The van der Waals surface area contributed by atoms with E-state index in [9.17, 15) is 4.79 Å². The van der Waals surface area contributed by atoms with Gasteiger partial charge in [-0.15, -0.1) is 0 Å². The van der Waals surface area contributed by atoms with E-state index in [0.717, 1.165) is 18.7 Å². The fraction of sp³-hybridized carbons (Fsp3) is 0.294. The first-order valence-corrected chi connectivity index (χ1v) is 7.30. The van der Waals surface area contributed by atoms with Gasteiger partial charge in [-0.25, -0.2) is 4.98 Å². The molecule has 116 valence electrons. The molecule has 2 rings (SSSR count). The Kier molecular flexibility index (Phi) is 6.39. The average molecular weight is 299 g/mol. The molecule has 0 unspecified atom stereocenters. The third-order valence-corrected chi connectivity index (χ3v) is 3.15. The van der Waals surface area contributed by atoms with Crippen LogP contribution in [-0.4, -0.2) is 31.2 Å². The number of amides is 1. The van der Waals surface area contributed by atoms with Crippen LogP contribution in [0.3, 0.4) is 0 Å². The van der Waals surface area contributed by atoms with Crippen molar-refractivity contribution in [2.75, 3.05) is 25.6 Å². The Morgan fingerprint density at radius 2 is 2.00 bits per heavy atom. The average Bonchev–Trinajstić information content (AvgIpc) is 2.58. The zero-order valence-electron chi connectivity index (χ0n) is 12.7. The van der Waals surface area contributed by atoms with Crippen molar-refractivity contribution in [3.05, 3.63) is 59.9 Å². The van der Waals surface area contributed by atoms with Crippen molar-refractivity contribution < 1.29 is 9.53 Å². The number of ether oxygens (including phenoxy) is 1. The minimum atomic E-state index is -0.161. The number of methoxy groups -OCH3 is 1. The molecule has 1 aromatic carbocycles. The molecule has 0 fully saturated rings. The van der Waals surface area contributed by atoms with E-state index in [1.165, 1.54) is 5.56 Å². The van der Waals surface area contributed by atoms with E-state index in [1.807, 2.05) is 24.3 Å². The smallest absolute Gasteiger partial charge is 0.269 e. The molecule has 0 atom stereocenters. The first-order chi connectivity index (χ1) is 10.8. The highest BCUT2D eigenvalue weighted by Gasteiger charge is 2.06. The van der Waals surface area contributed by atoms with Crippen molar-refractivity contribution >= 4 is 11.6 Å². The van der Waals surface area contributed by atoms with Crippen LogP contribution >= 0.6 is 0 Å². The minimum Gasteiger partial charge on any atom is -0.385 e. The Balaban J connectivity index is 1.81. The molecule has 1 heterocycles. The molecule has 0 aliphatic heterocycles. The van der Waals surface area contributed by atoms with Crippen molar-refractivity contribution in [2.45, 2.75) is 13.0 Å². The maximum Gasteiger partial charge on any atom is 0.269 e. The monoisotopic (exact) mass is 299 g/mol. The van der Waals surface area contributed by atoms with E-state index in [0.29, 0.717) is 18.8 Å². The summed E-state index contributed by atoms with van der Waals surface area (Å²) in [6.07, 6.45) is 2.46. The molecule has 0 saturated carbocycles. The predicted octanol–water partition coefficient (Wildman–Crippen LogP) is 2.46. The molecule has 2 aromatic rings. The second kappa shape index (κ2) is 8.79. The zero-order chi connectivity index (χ0) is 15.6. The van der Waals surface area contributed by atoms with Crippen LogP contribution in [0.1, 0.15) is 22.5 Å². The van der Waals surface area contributed by atoms with E-state index in [1.54, 1.807) is 19.4 Å². The van der Waals surface area contributed by atoms with Crippen molar-refractivity contribution in [3.63, 3.8) is 0 Å². The van der Waals surface area contributed by atoms with E-state index >= 15 is 0 Å². The van der Waals surface area contributed by atoms with Gasteiger partial charge in [-0.3, -0.25) is 4.79 Å². The van der Waals surface area contributed by atoms with Crippen LogP contribution in [0, 0.1) is 0 Å². The maximum absolute atomic E-state index is 11.9. The second-order valence-corrected chi connectivity index (χ2v) is 4.87. The first-order valence-electron chi connectivity index (χ1n) is 7.30.